The molecular weight excluding hydrogens is 327 g/mol. The Kier molecular flexibility index (Phi) is 4.91. The minimum Gasteiger partial charge on any atom is -0.373 e. The molecule has 3 rings (SSSR count). The van der Waals surface area contributed by atoms with Crippen LogP contribution >= 0.6 is 11.8 Å². The molecule has 0 aliphatic carbocycles. The van der Waals surface area contributed by atoms with Crippen LogP contribution in [-0.2, 0) is 10.9 Å². The molecule has 0 unspecified atom stereocenters. The number of H-pyrrole nitrogens is 1. The molecule has 1 fully saturated rings. The van der Waals surface area contributed by atoms with Crippen LogP contribution < -0.4 is 0 Å². The van der Waals surface area contributed by atoms with Gasteiger partial charge in [0, 0.05) is 12.4 Å². The lowest BCUT2D eigenvalue weighted by molar-refractivity contribution is -0.137. The lowest BCUT2D eigenvalue weighted by Crippen LogP contribution is -2.24. The minimum absolute atomic E-state index is 0.179. The van der Waals surface area contributed by atoms with E-state index in [9.17, 15) is 13.2 Å². The fraction of sp³-hybridized carbons (Fsp3) is 0.467. The molecule has 1 saturated heterocycles. The van der Waals surface area contributed by atoms with Gasteiger partial charge in [-0.25, -0.2) is 4.98 Å². The van der Waals surface area contributed by atoms with Crippen molar-refractivity contribution in [1.82, 2.24) is 15.2 Å². The van der Waals surface area contributed by atoms with Crippen LogP contribution in [-0.4, -0.2) is 27.5 Å². The van der Waals surface area contributed by atoms with Crippen molar-refractivity contribution in [3.05, 3.63) is 41.7 Å². The van der Waals surface area contributed by atoms with Gasteiger partial charge in [-0.2, -0.15) is 18.3 Å². The maximum atomic E-state index is 12.7. The van der Waals surface area contributed by atoms with Gasteiger partial charge in [-0.3, -0.25) is 5.10 Å². The summed E-state index contributed by atoms with van der Waals surface area (Å²) >= 11 is 1.55. The number of hydrogen-bond donors (Lipinski definition) is 1. The van der Waals surface area contributed by atoms with Crippen LogP contribution in [0.25, 0.3) is 0 Å². The second-order valence-corrected chi connectivity index (χ2v) is 6.42. The number of hydrogen-bond acceptors (Lipinski definition) is 4. The molecule has 0 amide bonds. The van der Waals surface area contributed by atoms with Crippen molar-refractivity contribution in [3.8, 4) is 0 Å². The van der Waals surface area contributed by atoms with Crippen molar-refractivity contribution in [2.24, 2.45) is 5.92 Å². The molecule has 0 spiro atoms. The van der Waals surface area contributed by atoms with Crippen molar-refractivity contribution in [1.29, 1.82) is 0 Å². The van der Waals surface area contributed by atoms with E-state index in [1.165, 1.54) is 18.5 Å². The van der Waals surface area contributed by atoms with Crippen molar-refractivity contribution < 1.29 is 17.9 Å². The highest BCUT2D eigenvalue weighted by atomic mass is 32.2. The SMILES string of the molecule is FC(F)(F)c1ccc([C@@H]2OCCC[C@H]2CSc2ncn[nH]2)cc1. The van der Waals surface area contributed by atoms with Gasteiger partial charge in [0.15, 0.2) is 5.16 Å². The maximum Gasteiger partial charge on any atom is 0.416 e. The Bertz CT molecular complexity index is 616. The van der Waals surface area contributed by atoms with Gasteiger partial charge < -0.3 is 4.74 Å². The van der Waals surface area contributed by atoms with E-state index in [4.69, 9.17) is 4.74 Å². The van der Waals surface area contributed by atoms with Gasteiger partial charge in [0.1, 0.15) is 6.33 Å². The molecular formula is C15H16F3N3OS. The zero-order chi connectivity index (χ0) is 16.3. The summed E-state index contributed by atoms with van der Waals surface area (Å²) in [6.07, 6.45) is -1.10. The topological polar surface area (TPSA) is 50.8 Å². The number of aromatic nitrogens is 3. The van der Waals surface area contributed by atoms with Gasteiger partial charge in [-0.1, -0.05) is 23.9 Å². The smallest absolute Gasteiger partial charge is 0.373 e. The Hall–Kier alpha value is -1.54. The molecule has 124 valence electrons. The minimum atomic E-state index is -4.31. The van der Waals surface area contributed by atoms with E-state index in [0.717, 1.165) is 41.4 Å². The average Bonchev–Trinajstić information content (AvgIpc) is 3.06. The first kappa shape index (κ1) is 16.3. The molecule has 0 radical (unpaired) electrons. The number of nitrogens with one attached hydrogen (secondary N) is 1. The zero-order valence-corrected chi connectivity index (χ0v) is 13.0. The Morgan fingerprint density at radius 1 is 1.26 bits per heavy atom. The van der Waals surface area contributed by atoms with Gasteiger partial charge in [0.2, 0.25) is 0 Å². The predicted molar refractivity (Wildman–Crippen MR) is 80.0 cm³/mol. The van der Waals surface area contributed by atoms with E-state index in [1.807, 2.05) is 0 Å². The van der Waals surface area contributed by atoms with Gasteiger partial charge >= 0.3 is 6.18 Å². The number of halogens is 3. The van der Waals surface area contributed by atoms with Gasteiger partial charge in [0.25, 0.3) is 0 Å². The quantitative estimate of drug-likeness (QED) is 0.850. The van der Waals surface area contributed by atoms with E-state index in [1.54, 1.807) is 11.8 Å². The molecule has 0 bridgehead atoms. The Morgan fingerprint density at radius 3 is 2.70 bits per heavy atom. The fourth-order valence-electron chi connectivity index (χ4n) is 2.69. The summed E-state index contributed by atoms with van der Waals surface area (Å²) in [5, 5.41) is 7.33. The van der Waals surface area contributed by atoms with Gasteiger partial charge in [-0.05, 0) is 36.5 Å². The third-order valence-corrected chi connectivity index (χ3v) is 4.90. The molecule has 1 aliphatic rings. The molecule has 8 heteroatoms. The third kappa shape index (κ3) is 4.06. The number of thioether (sulfide) groups is 1. The number of alkyl halides is 3. The molecule has 2 aromatic rings. The Labute approximate surface area is 135 Å². The summed E-state index contributed by atoms with van der Waals surface area (Å²) < 4.78 is 43.8. The first-order chi connectivity index (χ1) is 11.0. The zero-order valence-electron chi connectivity index (χ0n) is 12.2. The van der Waals surface area contributed by atoms with Crippen LogP contribution in [0.5, 0.6) is 0 Å². The van der Waals surface area contributed by atoms with Gasteiger partial charge in [0.05, 0.1) is 11.7 Å². The maximum absolute atomic E-state index is 12.7. The molecule has 1 aromatic carbocycles. The molecule has 1 N–H and O–H groups in total. The van der Waals surface area contributed by atoms with Crippen LogP contribution in [0.2, 0.25) is 0 Å². The second-order valence-electron chi connectivity index (χ2n) is 5.42. The summed E-state index contributed by atoms with van der Waals surface area (Å²) in [5.41, 5.74) is 0.158. The molecule has 1 aromatic heterocycles. The van der Waals surface area contributed by atoms with E-state index >= 15 is 0 Å². The number of rotatable bonds is 4. The molecule has 23 heavy (non-hydrogen) atoms. The number of ether oxygens (including phenoxy) is 1. The Balaban J connectivity index is 1.70. The monoisotopic (exact) mass is 343 g/mol. The molecule has 4 nitrogen and oxygen atoms in total. The van der Waals surface area contributed by atoms with Crippen molar-refractivity contribution in [3.63, 3.8) is 0 Å². The van der Waals surface area contributed by atoms with Crippen LogP contribution in [0.3, 0.4) is 0 Å². The molecule has 2 heterocycles. The summed E-state index contributed by atoms with van der Waals surface area (Å²) in [5.74, 6) is 1.01. The lowest BCUT2D eigenvalue weighted by Gasteiger charge is -2.32. The van der Waals surface area contributed by atoms with Crippen molar-refractivity contribution >= 4 is 11.8 Å². The second kappa shape index (κ2) is 6.92. The van der Waals surface area contributed by atoms with Gasteiger partial charge in [-0.15, -0.1) is 0 Å². The third-order valence-electron chi connectivity index (χ3n) is 3.84. The van der Waals surface area contributed by atoms with Crippen LogP contribution in [0, 0.1) is 5.92 Å². The highest BCUT2D eigenvalue weighted by Crippen LogP contribution is 2.38. The standard InChI is InChI=1S/C15H16F3N3OS/c16-15(17,18)12-5-3-10(4-6-12)13-11(2-1-7-22-13)8-23-14-19-9-20-21-14/h3-6,9,11,13H,1-2,7-8H2,(H,19,20,21)/t11-,13-/m0/s1. The summed E-state index contributed by atoms with van der Waals surface area (Å²) in [4.78, 5) is 4.07. The predicted octanol–water partition coefficient (Wildman–Crippen LogP) is 4.08. The molecule has 0 saturated carbocycles. The fourth-order valence-corrected chi connectivity index (χ4v) is 3.65. The van der Waals surface area contributed by atoms with Crippen LogP contribution in [0.15, 0.2) is 35.7 Å². The first-order valence-electron chi connectivity index (χ1n) is 7.31. The van der Waals surface area contributed by atoms with E-state index in [0.29, 0.717) is 6.61 Å². The summed E-state index contributed by atoms with van der Waals surface area (Å²) in [6.45, 7) is 0.634. The highest BCUT2D eigenvalue weighted by molar-refractivity contribution is 7.99. The van der Waals surface area contributed by atoms with E-state index < -0.39 is 11.7 Å². The number of benzene rings is 1. The molecule has 1 aliphatic heterocycles. The highest BCUT2D eigenvalue weighted by Gasteiger charge is 2.32. The number of aromatic amines is 1. The van der Waals surface area contributed by atoms with Crippen molar-refractivity contribution in [2.45, 2.75) is 30.3 Å². The van der Waals surface area contributed by atoms with Crippen LogP contribution in [0.4, 0.5) is 13.2 Å². The normalized spacial score (nSPS) is 22.2. The van der Waals surface area contributed by atoms with E-state index in [-0.39, 0.29) is 12.0 Å². The van der Waals surface area contributed by atoms with Crippen molar-refractivity contribution in [2.75, 3.05) is 12.4 Å². The first-order valence-corrected chi connectivity index (χ1v) is 8.29. The molecule has 2 atom stereocenters. The largest absolute Gasteiger partial charge is 0.416 e. The van der Waals surface area contributed by atoms with E-state index in [2.05, 4.69) is 15.2 Å². The summed E-state index contributed by atoms with van der Waals surface area (Å²) in [7, 11) is 0. The number of nitrogens with zero attached hydrogens (tertiary/aromatic N) is 2. The van der Waals surface area contributed by atoms with Crippen LogP contribution in [0.1, 0.15) is 30.1 Å². The average molecular weight is 343 g/mol. The lowest BCUT2D eigenvalue weighted by atomic mass is 9.90. The Morgan fingerprint density at radius 2 is 2.04 bits per heavy atom. The summed E-state index contributed by atoms with van der Waals surface area (Å²) in [6, 6.07) is 5.28.